The smallest absolute Gasteiger partial charge is 0.184 e. The van der Waals surface area contributed by atoms with Crippen LogP contribution in [0.5, 0.6) is 0 Å². The van der Waals surface area contributed by atoms with Crippen LogP contribution in [0, 0.1) is 5.41 Å². The average Bonchev–Trinajstić information content (AvgIpc) is 2.51. The molecule has 0 amide bonds. The van der Waals surface area contributed by atoms with E-state index in [0.29, 0.717) is 5.71 Å². The predicted octanol–water partition coefficient (Wildman–Crippen LogP) is 2.21. The Morgan fingerprint density at radius 2 is 2.13 bits per heavy atom. The van der Waals surface area contributed by atoms with Crippen molar-refractivity contribution in [1.82, 2.24) is 0 Å². The summed E-state index contributed by atoms with van der Waals surface area (Å²) in [5.74, 6) is 0.953. The van der Waals surface area contributed by atoms with E-state index in [2.05, 4.69) is 9.98 Å². The second-order valence-electron chi connectivity index (χ2n) is 4.66. The molecule has 0 fully saturated rings. The monoisotopic (exact) mass is 226 g/mol. The molecular formula is C11H18N2OS. The summed E-state index contributed by atoms with van der Waals surface area (Å²) < 4.78 is 0. The molecule has 1 unspecified atom stereocenters. The molecule has 0 spiro atoms. The van der Waals surface area contributed by atoms with Gasteiger partial charge < -0.3 is 0 Å². The van der Waals surface area contributed by atoms with Crippen LogP contribution in [0.15, 0.2) is 9.98 Å². The molecule has 4 heteroatoms. The summed E-state index contributed by atoms with van der Waals surface area (Å²) in [5, 5.41) is 1.04. The van der Waals surface area contributed by atoms with Crippen molar-refractivity contribution in [2.75, 3.05) is 12.8 Å². The van der Waals surface area contributed by atoms with E-state index in [1.807, 2.05) is 27.7 Å². The van der Waals surface area contributed by atoms with Crippen molar-refractivity contribution in [3.8, 4) is 0 Å². The summed E-state index contributed by atoms with van der Waals surface area (Å²) in [4.78, 5) is 20.6. The average molecular weight is 226 g/mol. The summed E-state index contributed by atoms with van der Waals surface area (Å²) >= 11 is 1.69. The van der Waals surface area contributed by atoms with Gasteiger partial charge in [-0.1, -0.05) is 20.8 Å². The molecule has 84 valence electrons. The van der Waals surface area contributed by atoms with Gasteiger partial charge in [-0.05, 0) is 6.92 Å². The van der Waals surface area contributed by atoms with Gasteiger partial charge in [-0.3, -0.25) is 14.8 Å². The van der Waals surface area contributed by atoms with Gasteiger partial charge in [0.05, 0.1) is 5.04 Å². The molecule has 0 saturated carbocycles. The zero-order chi connectivity index (χ0) is 11.6. The number of hydrogen-bond donors (Lipinski definition) is 0. The number of hydrogen-bond acceptors (Lipinski definition) is 4. The first kappa shape index (κ1) is 12.4. The Bertz CT molecular complexity index is 326. The molecule has 1 atom stereocenters. The molecule has 1 aliphatic heterocycles. The fraction of sp³-hybridized carbons (Fsp3) is 0.727. The van der Waals surface area contributed by atoms with Crippen LogP contribution in [0.2, 0.25) is 0 Å². The minimum Gasteiger partial charge on any atom is -0.292 e. The highest BCUT2D eigenvalue weighted by atomic mass is 32.2. The van der Waals surface area contributed by atoms with Crippen molar-refractivity contribution < 1.29 is 4.79 Å². The molecule has 0 aromatic rings. The molecule has 0 N–H and O–H groups in total. The minimum absolute atomic E-state index is 0.0354. The lowest BCUT2D eigenvalue weighted by atomic mass is 9.86. The Labute approximate surface area is 95.5 Å². The third-order valence-electron chi connectivity index (χ3n) is 2.26. The lowest BCUT2D eigenvalue weighted by Crippen LogP contribution is -2.36. The van der Waals surface area contributed by atoms with Gasteiger partial charge in [0.2, 0.25) is 0 Å². The van der Waals surface area contributed by atoms with Crippen molar-refractivity contribution >= 4 is 28.3 Å². The molecule has 0 aromatic carbocycles. The summed E-state index contributed by atoms with van der Waals surface area (Å²) in [6, 6.07) is -0.0354. The number of ketones is 1. The van der Waals surface area contributed by atoms with Crippen molar-refractivity contribution in [2.45, 2.75) is 33.7 Å². The van der Waals surface area contributed by atoms with Gasteiger partial charge >= 0.3 is 0 Å². The maximum absolute atomic E-state index is 12.1. The van der Waals surface area contributed by atoms with Crippen LogP contribution in [0.3, 0.4) is 0 Å². The molecule has 0 aromatic heterocycles. The second kappa shape index (κ2) is 4.47. The van der Waals surface area contributed by atoms with Crippen LogP contribution in [0.25, 0.3) is 0 Å². The number of carbonyl (C=O) groups excluding carboxylic acids is 1. The first-order valence-electron chi connectivity index (χ1n) is 5.05. The molecule has 0 saturated heterocycles. The summed E-state index contributed by atoms with van der Waals surface area (Å²) in [6.07, 6.45) is 0. The normalized spacial score (nSPS) is 22.9. The van der Waals surface area contributed by atoms with Crippen molar-refractivity contribution in [3.63, 3.8) is 0 Å². The number of carbonyl (C=O) groups is 1. The van der Waals surface area contributed by atoms with Crippen LogP contribution in [-0.2, 0) is 4.79 Å². The maximum atomic E-state index is 12.1. The highest BCUT2D eigenvalue weighted by Gasteiger charge is 2.32. The van der Waals surface area contributed by atoms with E-state index in [-0.39, 0.29) is 17.2 Å². The topological polar surface area (TPSA) is 41.8 Å². The number of thioether (sulfide) groups is 1. The molecule has 1 rings (SSSR count). The molecule has 1 aliphatic rings. The highest BCUT2D eigenvalue weighted by molar-refractivity contribution is 8.14. The van der Waals surface area contributed by atoms with Crippen molar-refractivity contribution in [2.24, 2.45) is 15.4 Å². The standard InChI is InChI=1S/C11H18N2OS/c1-7-13-8(6-15-7)9(12-5)10(14)11(2,3)4/h8H,6H2,1-5H3. The fourth-order valence-corrected chi connectivity index (χ4v) is 2.25. The minimum atomic E-state index is -0.370. The Morgan fingerprint density at radius 1 is 1.53 bits per heavy atom. The number of rotatable bonds is 2. The van der Waals surface area contributed by atoms with E-state index >= 15 is 0 Å². The van der Waals surface area contributed by atoms with Crippen LogP contribution in [0.4, 0.5) is 0 Å². The fourth-order valence-electron chi connectivity index (χ4n) is 1.42. The molecule has 0 radical (unpaired) electrons. The van der Waals surface area contributed by atoms with E-state index < -0.39 is 0 Å². The van der Waals surface area contributed by atoms with Crippen LogP contribution < -0.4 is 0 Å². The number of aliphatic imine (C=N–C) groups is 2. The van der Waals surface area contributed by atoms with Gasteiger partial charge in [0.15, 0.2) is 5.78 Å². The lowest BCUT2D eigenvalue weighted by Gasteiger charge is -2.19. The van der Waals surface area contributed by atoms with E-state index in [0.717, 1.165) is 10.8 Å². The van der Waals surface area contributed by atoms with Gasteiger partial charge in [0.1, 0.15) is 11.8 Å². The van der Waals surface area contributed by atoms with Crippen LogP contribution in [0.1, 0.15) is 27.7 Å². The predicted molar refractivity (Wildman–Crippen MR) is 67.2 cm³/mol. The Morgan fingerprint density at radius 3 is 2.47 bits per heavy atom. The van der Waals surface area contributed by atoms with Gasteiger partial charge in [-0.25, -0.2) is 0 Å². The SMILES string of the molecule is CN=C(C(=O)C(C)(C)C)C1CSC(C)=N1. The molecule has 1 heterocycles. The van der Waals surface area contributed by atoms with E-state index in [1.165, 1.54) is 0 Å². The van der Waals surface area contributed by atoms with Crippen LogP contribution >= 0.6 is 11.8 Å². The molecule has 15 heavy (non-hydrogen) atoms. The van der Waals surface area contributed by atoms with Gasteiger partial charge in [-0.15, -0.1) is 11.8 Å². The summed E-state index contributed by atoms with van der Waals surface area (Å²) in [7, 11) is 1.67. The summed E-state index contributed by atoms with van der Waals surface area (Å²) in [6.45, 7) is 7.72. The second-order valence-corrected chi connectivity index (χ2v) is 5.88. The van der Waals surface area contributed by atoms with Gasteiger partial charge in [0, 0.05) is 18.2 Å². The lowest BCUT2D eigenvalue weighted by molar-refractivity contribution is -0.119. The molecule has 0 aliphatic carbocycles. The van der Waals surface area contributed by atoms with Gasteiger partial charge in [-0.2, -0.15) is 0 Å². The first-order chi connectivity index (χ1) is 6.86. The zero-order valence-electron chi connectivity index (χ0n) is 10.00. The van der Waals surface area contributed by atoms with Crippen molar-refractivity contribution in [3.05, 3.63) is 0 Å². The third-order valence-corrected chi connectivity index (χ3v) is 3.26. The van der Waals surface area contributed by atoms with Gasteiger partial charge in [0.25, 0.3) is 0 Å². The molecule has 3 nitrogen and oxygen atoms in total. The highest BCUT2D eigenvalue weighted by Crippen LogP contribution is 2.23. The quantitative estimate of drug-likeness (QED) is 0.677. The van der Waals surface area contributed by atoms with E-state index in [4.69, 9.17) is 0 Å². The third kappa shape index (κ3) is 2.91. The molecular weight excluding hydrogens is 208 g/mol. The van der Waals surface area contributed by atoms with Crippen LogP contribution in [-0.4, -0.2) is 35.4 Å². The largest absolute Gasteiger partial charge is 0.292 e. The first-order valence-corrected chi connectivity index (χ1v) is 6.03. The Kier molecular flexibility index (Phi) is 3.71. The zero-order valence-corrected chi connectivity index (χ0v) is 10.8. The number of nitrogens with zero attached hydrogens (tertiary/aromatic N) is 2. The van der Waals surface area contributed by atoms with E-state index in [9.17, 15) is 4.79 Å². The maximum Gasteiger partial charge on any atom is 0.184 e. The molecule has 0 bridgehead atoms. The number of Topliss-reactive ketones (excluding diaryl/α,β-unsaturated/α-hetero) is 1. The van der Waals surface area contributed by atoms with E-state index in [1.54, 1.807) is 18.8 Å². The van der Waals surface area contributed by atoms with Crippen molar-refractivity contribution in [1.29, 1.82) is 0 Å². The Balaban J connectivity index is 2.88. The summed E-state index contributed by atoms with van der Waals surface area (Å²) in [5.41, 5.74) is 0.248. The Hall–Kier alpha value is -0.640.